The van der Waals surface area contributed by atoms with Crippen molar-refractivity contribution < 1.29 is 76.9 Å². The van der Waals surface area contributed by atoms with E-state index in [0.29, 0.717) is 12.8 Å². The normalized spacial score (nSPS) is 22.4. The molecular weight excluding hydrogens is 858 g/mol. The predicted molar refractivity (Wildman–Crippen MR) is 241 cm³/mol. The molecule has 0 heterocycles. The molecule has 0 aliphatic heterocycles. The van der Waals surface area contributed by atoms with E-state index in [1.54, 1.807) is 0 Å². The Balaban J connectivity index is 2.61. The number of unbranched alkanes of at least 4 members (excludes halogenated alkanes) is 16. The predicted octanol–water partition coefficient (Wildman–Crippen LogP) is 8.51. The van der Waals surface area contributed by atoms with Crippen LogP contribution in [0.3, 0.4) is 0 Å². The van der Waals surface area contributed by atoms with E-state index >= 15 is 0 Å². The summed E-state index contributed by atoms with van der Waals surface area (Å²) in [7, 11) is -10.7. The van der Waals surface area contributed by atoms with E-state index in [1.165, 1.54) is 51.4 Å². The molecule has 8 atom stereocenters. The van der Waals surface area contributed by atoms with Crippen molar-refractivity contribution in [3.63, 3.8) is 0 Å². The van der Waals surface area contributed by atoms with E-state index in [0.717, 1.165) is 77.0 Å². The van der Waals surface area contributed by atoms with Gasteiger partial charge < -0.3 is 44.6 Å². The Morgan fingerprint density at radius 3 is 1.48 bits per heavy atom. The minimum absolute atomic E-state index is 0.0397. The molecule has 0 aromatic heterocycles. The smallest absolute Gasteiger partial charge is 0.462 e. The van der Waals surface area contributed by atoms with Gasteiger partial charge in [0.25, 0.3) is 0 Å². The van der Waals surface area contributed by atoms with Gasteiger partial charge in [-0.15, -0.1) is 0 Å². The van der Waals surface area contributed by atoms with Crippen molar-refractivity contribution in [2.45, 2.75) is 211 Å². The number of phosphoric ester groups is 2. The highest BCUT2D eigenvalue weighted by molar-refractivity contribution is 7.47. The zero-order chi connectivity index (χ0) is 46.8. The number of aliphatic hydroxyl groups is 4. The minimum atomic E-state index is -5.36. The first-order valence-corrected chi connectivity index (χ1v) is 26.2. The molecule has 16 nitrogen and oxygen atoms in total. The summed E-state index contributed by atoms with van der Waals surface area (Å²) < 4.78 is 49.3. The van der Waals surface area contributed by atoms with Crippen LogP contribution in [0.25, 0.3) is 0 Å². The maximum absolute atomic E-state index is 13.0. The van der Waals surface area contributed by atoms with Crippen LogP contribution in [0.4, 0.5) is 0 Å². The van der Waals surface area contributed by atoms with Gasteiger partial charge in [-0.1, -0.05) is 152 Å². The topological polar surface area (TPSA) is 256 Å². The monoisotopic (exact) mass is 938 g/mol. The molecule has 0 radical (unpaired) electrons. The number of ether oxygens (including phenoxy) is 2. The van der Waals surface area contributed by atoms with Crippen LogP contribution >= 0.6 is 15.6 Å². The average Bonchev–Trinajstić information content (AvgIpc) is 3.23. The van der Waals surface area contributed by atoms with Crippen molar-refractivity contribution in [1.82, 2.24) is 0 Å². The number of allylic oxidation sites excluding steroid dienone is 8. The van der Waals surface area contributed by atoms with E-state index in [1.807, 2.05) is 0 Å². The first kappa shape index (κ1) is 59.0. The molecule has 0 bridgehead atoms. The van der Waals surface area contributed by atoms with Crippen molar-refractivity contribution in [2.24, 2.45) is 0 Å². The van der Waals surface area contributed by atoms with Gasteiger partial charge in [0, 0.05) is 12.8 Å². The number of hydrogen-bond acceptors (Lipinski definition) is 13. The van der Waals surface area contributed by atoms with Gasteiger partial charge in [-0.3, -0.25) is 23.2 Å². The molecule has 0 spiro atoms. The number of carbonyl (C=O) groups excluding carboxylic acids is 2. The van der Waals surface area contributed by atoms with Crippen LogP contribution in [0.2, 0.25) is 0 Å². The van der Waals surface area contributed by atoms with Gasteiger partial charge in [0.2, 0.25) is 0 Å². The number of esters is 2. The summed E-state index contributed by atoms with van der Waals surface area (Å²) in [6.07, 6.45) is 25.0. The lowest BCUT2D eigenvalue weighted by Crippen LogP contribution is -2.64. The lowest BCUT2D eigenvalue weighted by Gasteiger charge is -2.43. The SMILES string of the molecule is CCC=CCC=CCC=CCC=CCCCCCCC(=O)OCC(COP(=O)(O)OC1C(O)C(O)C(O)C(OP(=O)(O)O)C1O)OC(=O)CCCCCCCCCCCCCCC. The third kappa shape index (κ3) is 30.7. The molecule has 1 rings (SSSR count). The number of carbonyl (C=O) groups is 2. The van der Waals surface area contributed by atoms with Gasteiger partial charge in [-0.2, -0.15) is 0 Å². The first-order valence-electron chi connectivity index (χ1n) is 23.2. The molecule has 0 aromatic rings. The highest BCUT2D eigenvalue weighted by Crippen LogP contribution is 2.49. The molecule has 1 aliphatic carbocycles. The quantitative estimate of drug-likeness (QED) is 0.0132. The maximum Gasteiger partial charge on any atom is 0.472 e. The highest BCUT2D eigenvalue weighted by Gasteiger charge is 2.54. The number of rotatable bonds is 38. The molecule has 63 heavy (non-hydrogen) atoms. The molecule has 18 heteroatoms. The van der Waals surface area contributed by atoms with E-state index in [-0.39, 0.29) is 12.8 Å². The molecule has 1 fully saturated rings. The lowest BCUT2D eigenvalue weighted by atomic mass is 9.85. The maximum atomic E-state index is 13.0. The number of aliphatic hydroxyl groups excluding tert-OH is 4. The molecule has 7 N–H and O–H groups in total. The number of phosphoric acid groups is 2. The van der Waals surface area contributed by atoms with Crippen LogP contribution in [0, 0.1) is 0 Å². The fourth-order valence-corrected chi connectivity index (χ4v) is 8.38. The second kappa shape index (κ2) is 36.1. The molecule has 366 valence electrons. The highest BCUT2D eigenvalue weighted by atomic mass is 31.2. The Kier molecular flexibility index (Phi) is 33.8. The second-order valence-corrected chi connectivity index (χ2v) is 18.7. The zero-order valence-electron chi connectivity index (χ0n) is 37.7. The molecule has 1 saturated carbocycles. The Bertz CT molecular complexity index is 1420. The van der Waals surface area contributed by atoms with Gasteiger partial charge in [0.1, 0.15) is 43.2 Å². The standard InChI is InChI=1S/C45H80O16P2/c1-3-5-7-9-11-13-15-17-18-19-20-22-23-25-27-29-31-33-38(46)57-35-37(59-39(47)34-32-30-28-26-24-21-16-14-12-10-8-6-4-2)36-58-63(55,56)61-45-42(50)40(48)41(49)44(43(45)51)60-62(52,53)54/h5,7,11,13,17-18,20,22,37,40-45,48-51H,3-4,6,8-10,12,14-16,19,21,23-36H2,1-2H3,(H,55,56)(H2,52,53,54). The Labute approximate surface area is 376 Å². The van der Waals surface area contributed by atoms with Crippen LogP contribution < -0.4 is 0 Å². The molecule has 8 unspecified atom stereocenters. The summed E-state index contributed by atoms with van der Waals surface area (Å²) >= 11 is 0. The first-order chi connectivity index (χ1) is 30.1. The Hall–Kier alpha value is -2.04. The van der Waals surface area contributed by atoms with Crippen molar-refractivity contribution >= 4 is 27.6 Å². The third-order valence-electron chi connectivity index (χ3n) is 10.4. The van der Waals surface area contributed by atoms with E-state index in [2.05, 4.69) is 67.0 Å². The van der Waals surface area contributed by atoms with Crippen molar-refractivity contribution in [3.8, 4) is 0 Å². The molecular formula is C45H80O16P2. The van der Waals surface area contributed by atoms with Gasteiger partial charge in [0.15, 0.2) is 6.10 Å². The minimum Gasteiger partial charge on any atom is -0.462 e. The van der Waals surface area contributed by atoms with Gasteiger partial charge in [-0.25, -0.2) is 9.13 Å². The molecule has 0 aromatic carbocycles. The van der Waals surface area contributed by atoms with E-state index in [4.69, 9.17) is 28.3 Å². The summed E-state index contributed by atoms with van der Waals surface area (Å²) in [6.45, 7) is 2.97. The lowest BCUT2D eigenvalue weighted by molar-refractivity contribution is -0.216. The van der Waals surface area contributed by atoms with Crippen molar-refractivity contribution in [3.05, 3.63) is 48.6 Å². The average molecular weight is 939 g/mol. The summed E-state index contributed by atoms with van der Waals surface area (Å²) in [5.74, 6) is -1.23. The summed E-state index contributed by atoms with van der Waals surface area (Å²) in [4.78, 5) is 54.2. The molecule has 1 aliphatic rings. The fraction of sp³-hybridized carbons (Fsp3) is 0.778. The van der Waals surface area contributed by atoms with Crippen LogP contribution in [-0.4, -0.2) is 103 Å². The van der Waals surface area contributed by atoms with Gasteiger partial charge in [0.05, 0.1) is 6.61 Å². The second-order valence-electron chi connectivity index (χ2n) is 16.1. The van der Waals surface area contributed by atoms with Crippen LogP contribution in [0.1, 0.15) is 168 Å². The third-order valence-corrected chi connectivity index (χ3v) is 11.9. The summed E-state index contributed by atoms with van der Waals surface area (Å²) in [5.41, 5.74) is 0. The Morgan fingerprint density at radius 2 is 0.968 bits per heavy atom. The van der Waals surface area contributed by atoms with E-state index < -0.39 is 83.5 Å². The molecule has 0 amide bonds. The summed E-state index contributed by atoms with van der Waals surface area (Å²) in [6, 6.07) is 0. The fourth-order valence-electron chi connectivity index (χ4n) is 6.84. The Morgan fingerprint density at radius 1 is 0.524 bits per heavy atom. The summed E-state index contributed by atoms with van der Waals surface area (Å²) in [5, 5.41) is 41.2. The van der Waals surface area contributed by atoms with Crippen LogP contribution in [0.5, 0.6) is 0 Å². The molecule has 0 saturated heterocycles. The largest absolute Gasteiger partial charge is 0.472 e. The van der Waals surface area contributed by atoms with Crippen LogP contribution in [0.15, 0.2) is 48.6 Å². The zero-order valence-corrected chi connectivity index (χ0v) is 39.5. The van der Waals surface area contributed by atoms with E-state index in [9.17, 15) is 44.0 Å². The van der Waals surface area contributed by atoms with Gasteiger partial charge >= 0.3 is 27.6 Å². The van der Waals surface area contributed by atoms with Crippen molar-refractivity contribution in [2.75, 3.05) is 13.2 Å². The van der Waals surface area contributed by atoms with Crippen molar-refractivity contribution in [1.29, 1.82) is 0 Å². The van der Waals surface area contributed by atoms with Crippen LogP contribution in [-0.2, 0) is 41.8 Å². The number of hydrogen-bond donors (Lipinski definition) is 7. The van der Waals surface area contributed by atoms with Gasteiger partial charge in [-0.05, 0) is 51.4 Å².